The zero-order valence-corrected chi connectivity index (χ0v) is 29.5. The van der Waals surface area contributed by atoms with Crippen molar-refractivity contribution < 1.29 is 32.6 Å². The summed E-state index contributed by atoms with van der Waals surface area (Å²) in [5.74, 6) is 0. The summed E-state index contributed by atoms with van der Waals surface area (Å²) in [5, 5.41) is 1.64. The number of rotatable bonds is 24. The largest absolute Gasteiger partial charge is 0.489 e. The minimum Gasteiger partial charge on any atom is -0.379 e. The number of quaternary nitrogens is 1. The number of hydrogen-bond acceptors (Lipinski definition) is 6. The van der Waals surface area contributed by atoms with Crippen LogP contribution in [0.25, 0.3) is 0 Å². The topological polar surface area (TPSA) is 77.5 Å². The molecular weight excluding hydrogens is 539 g/mol. The molecule has 8 nitrogen and oxygen atoms in total. The first kappa shape index (κ1) is 39.0. The molecule has 1 N–H and O–H groups in total. The van der Waals surface area contributed by atoms with Gasteiger partial charge in [0, 0.05) is 12.6 Å². The third kappa shape index (κ3) is 15.5. The molecule has 0 aromatic heterocycles. The Morgan fingerprint density at radius 3 is 1.85 bits per heavy atom. The van der Waals surface area contributed by atoms with Crippen molar-refractivity contribution in [2.24, 2.45) is 0 Å². The van der Waals surface area contributed by atoms with Gasteiger partial charge in [0.25, 0.3) is 0 Å². The Kier molecular flexibility index (Phi) is 17.8. The Morgan fingerprint density at radius 2 is 1.39 bits per heavy atom. The lowest BCUT2D eigenvalue weighted by molar-refractivity contribution is -0.870. The first-order valence-corrected chi connectivity index (χ1v) is 18.0. The van der Waals surface area contributed by atoms with E-state index in [2.05, 4.69) is 13.8 Å². The Hall–Kier alpha value is -0.0500. The van der Waals surface area contributed by atoms with Crippen LogP contribution in [0.15, 0.2) is 0 Å². The minimum atomic E-state index is -4.28. The molecule has 0 spiro atoms. The van der Waals surface area contributed by atoms with Crippen molar-refractivity contribution in [3.63, 3.8) is 0 Å². The smallest absolute Gasteiger partial charge is 0.379 e. The van der Waals surface area contributed by atoms with E-state index in [0.29, 0.717) is 17.4 Å². The van der Waals surface area contributed by atoms with E-state index in [1.165, 1.54) is 77.0 Å². The van der Waals surface area contributed by atoms with Gasteiger partial charge in [-0.25, -0.2) is 4.57 Å². The molecule has 0 saturated carbocycles. The van der Waals surface area contributed by atoms with E-state index in [0.717, 1.165) is 12.8 Å². The summed E-state index contributed by atoms with van der Waals surface area (Å²) >= 11 is 0. The van der Waals surface area contributed by atoms with Crippen molar-refractivity contribution in [3.8, 4) is 0 Å². The minimum absolute atomic E-state index is 0.0380. The van der Waals surface area contributed by atoms with Gasteiger partial charge in [-0.05, 0) is 47.5 Å². The monoisotopic (exact) mass is 607 g/mol. The number of unbranched alkanes of at least 4 members (excludes halogenated alkanes) is 12. The summed E-state index contributed by atoms with van der Waals surface area (Å²) < 4.78 is 37.0. The molecule has 0 aromatic carbocycles. The van der Waals surface area contributed by atoms with Crippen molar-refractivity contribution in [2.75, 3.05) is 41.4 Å². The average molecular weight is 608 g/mol. The van der Waals surface area contributed by atoms with Gasteiger partial charge in [0.05, 0.1) is 45.0 Å². The van der Waals surface area contributed by atoms with E-state index in [9.17, 15) is 9.46 Å². The van der Waals surface area contributed by atoms with Crippen LogP contribution < -0.4 is 0 Å². The molecule has 1 rings (SSSR count). The lowest BCUT2D eigenvalue weighted by Gasteiger charge is -2.40. The normalized spacial score (nSPS) is 22.1. The maximum absolute atomic E-state index is 12.9. The van der Waals surface area contributed by atoms with Gasteiger partial charge >= 0.3 is 7.82 Å². The molecule has 4 unspecified atom stereocenters. The summed E-state index contributed by atoms with van der Waals surface area (Å²) in [7, 11) is 3.49. The van der Waals surface area contributed by atoms with Crippen LogP contribution in [0.2, 0.25) is 0 Å². The molecule has 1 heterocycles. The highest BCUT2D eigenvalue weighted by Gasteiger charge is 2.56. The van der Waals surface area contributed by atoms with Gasteiger partial charge in [0.2, 0.25) is 0 Å². The number of phosphoric ester groups is 1. The molecule has 0 bridgehead atoms. The second kappa shape index (κ2) is 18.7. The maximum atomic E-state index is 12.9. The molecule has 1 aliphatic heterocycles. The van der Waals surface area contributed by atoms with Crippen LogP contribution in [-0.2, 0) is 23.2 Å². The lowest BCUT2D eigenvalue weighted by Crippen LogP contribution is -2.51. The van der Waals surface area contributed by atoms with Gasteiger partial charge in [-0.3, -0.25) is 4.52 Å². The van der Waals surface area contributed by atoms with Crippen LogP contribution in [-0.4, -0.2) is 85.2 Å². The number of hydrogen-bond donors (Lipinski definition) is 1. The summed E-state index contributed by atoms with van der Waals surface area (Å²) in [4.78, 5) is 10.5. The van der Waals surface area contributed by atoms with E-state index >= 15 is 0 Å². The maximum Gasteiger partial charge on any atom is 0.489 e. The highest BCUT2D eigenvalue weighted by Crippen LogP contribution is 2.52. The Bertz CT molecular complexity index is 742. The van der Waals surface area contributed by atoms with Crippen LogP contribution in [0.5, 0.6) is 0 Å². The molecule has 9 heteroatoms. The number of ether oxygens (including phenoxy) is 2. The van der Waals surface area contributed by atoms with Crippen molar-refractivity contribution in [1.29, 1.82) is 0 Å². The standard InChI is InChI=1S/C32H67N2O6P/c1-11-12-13-14-15-16-17-18-19-20-21-22-23-24-29(28(2)37-10)39-30-27-31(3,4)33(32(30,5)6)40-41(35,36)38-26-25-34(7,8)9/h28-30H,11-27H2,1-10H3/p+1. The van der Waals surface area contributed by atoms with Gasteiger partial charge in [-0.2, -0.15) is 9.69 Å². The predicted molar refractivity (Wildman–Crippen MR) is 170 cm³/mol. The number of methoxy groups -OCH3 is 1. The van der Waals surface area contributed by atoms with Gasteiger partial charge in [-0.1, -0.05) is 90.4 Å². The van der Waals surface area contributed by atoms with E-state index in [4.69, 9.17) is 18.6 Å². The molecular formula is C32H68N2O6P+. The summed E-state index contributed by atoms with van der Waals surface area (Å²) in [6.45, 7) is 13.1. The molecule has 1 fully saturated rings. The molecule has 4 atom stereocenters. The fourth-order valence-electron chi connectivity index (χ4n) is 5.82. The molecule has 1 aliphatic rings. The third-order valence-corrected chi connectivity index (χ3v) is 9.45. The second-order valence-electron chi connectivity index (χ2n) is 14.5. The molecule has 246 valence electrons. The van der Waals surface area contributed by atoms with Gasteiger partial charge in [-0.15, -0.1) is 0 Å². The molecule has 0 radical (unpaired) electrons. The Labute approximate surface area is 254 Å². The predicted octanol–water partition coefficient (Wildman–Crippen LogP) is 8.27. The van der Waals surface area contributed by atoms with Crippen LogP contribution in [0.3, 0.4) is 0 Å². The highest BCUT2D eigenvalue weighted by molar-refractivity contribution is 7.47. The first-order valence-electron chi connectivity index (χ1n) is 16.5. The van der Waals surface area contributed by atoms with Crippen molar-refractivity contribution in [2.45, 2.75) is 167 Å². The van der Waals surface area contributed by atoms with E-state index in [-0.39, 0.29) is 24.9 Å². The molecule has 0 aliphatic carbocycles. The number of phosphoric acid groups is 1. The lowest BCUT2D eigenvalue weighted by atomic mass is 9.96. The van der Waals surface area contributed by atoms with Crippen molar-refractivity contribution in [3.05, 3.63) is 0 Å². The number of nitrogens with zero attached hydrogens (tertiary/aromatic N) is 2. The van der Waals surface area contributed by atoms with Gasteiger partial charge in [0.15, 0.2) is 0 Å². The fourth-order valence-corrected chi connectivity index (χ4v) is 6.82. The third-order valence-electron chi connectivity index (χ3n) is 8.57. The van der Waals surface area contributed by atoms with Crippen LogP contribution in [0, 0.1) is 0 Å². The van der Waals surface area contributed by atoms with E-state index in [1.54, 1.807) is 12.2 Å². The fraction of sp³-hybridized carbons (Fsp3) is 1.00. The van der Waals surface area contributed by atoms with Crippen molar-refractivity contribution in [1.82, 2.24) is 5.06 Å². The summed E-state index contributed by atoms with van der Waals surface area (Å²) in [6, 6.07) is 0. The quantitative estimate of drug-likeness (QED) is 0.0672. The Balaban J connectivity index is 2.54. The van der Waals surface area contributed by atoms with Crippen LogP contribution in [0.4, 0.5) is 0 Å². The summed E-state index contributed by atoms with van der Waals surface area (Å²) in [6.07, 6.45) is 18.7. The van der Waals surface area contributed by atoms with Gasteiger partial charge < -0.3 is 18.9 Å². The van der Waals surface area contributed by atoms with Crippen molar-refractivity contribution >= 4 is 7.82 Å². The highest BCUT2D eigenvalue weighted by atomic mass is 31.2. The Morgan fingerprint density at radius 1 is 0.902 bits per heavy atom. The number of hydroxylamine groups is 2. The summed E-state index contributed by atoms with van der Waals surface area (Å²) in [5.41, 5.74) is -1.14. The van der Waals surface area contributed by atoms with E-state index in [1.807, 2.05) is 48.8 Å². The molecule has 41 heavy (non-hydrogen) atoms. The second-order valence-corrected chi connectivity index (χ2v) is 15.9. The molecule has 0 aromatic rings. The zero-order chi connectivity index (χ0) is 31.2. The average Bonchev–Trinajstić information content (AvgIpc) is 3.03. The number of likely N-dealkylation sites (N-methyl/N-ethyl adjacent to an activating group) is 1. The van der Waals surface area contributed by atoms with E-state index < -0.39 is 18.9 Å². The molecule has 1 saturated heterocycles. The zero-order valence-electron chi connectivity index (χ0n) is 28.6. The van der Waals surface area contributed by atoms with Crippen LogP contribution >= 0.6 is 7.82 Å². The first-order chi connectivity index (χ1) is 19.1. The SMILES string of the molecule is CCCCCCCCCCCCCCCC(OC1CC(C)(C)N(OP(=O)(O)OCC[N+](C)(C)C)C1(C)C)C(C)OC. The van der Waals surface area contributed by atoms with Gasteiger partial charge in [0.1, 0.15) is 13.2 Å². The molecule has 0 amide bonds. The van der Waals surface area contributed by atoms with Crippen LogP contribution in [0.1, 0.15) is 138 Å².